The zero-order chi connectivity index (χ0) is 19.0. The summed E-state index contributed by atoms with van der Waals surface area (Å²) in [6.07, 6.45) is 0.712. The highest BCUT2D eigenvalue weighted by atomic mass is 16.5. The van der Waals surface area contributed by atoms with Crippen molar-refractivity contribution >= 4 is 28.6 Å². The van der Waals surface area contributed by atoms with Crippen molar-refractivity contribution < 1.29 is 23.9 Å². The average Bonchev–Trinajstić information content (AvgIpc) is 2.94. The van der Waals surface area contributed by atoms with Gasteiger partial charge in [-0.25, -0.2) is 0 Å². The molecule has 2 saturated heterocycles. The van der Waals surface area contributed by atoms with Gasteiger partial charge in [0, 0.05) is 18.9 Å². The molecule has 0 saturated carbocycles. The second kappa shape index (κ2) is 6.99. The Morgan fingerprint density at radius 2 is 2.22 bits per heavy atom. The molecule has 9 nitrogen and oxygen atoms in total. The van der Waals surface area contributed by atoms with E-state index in [2.05, 4.69) is 15.7 Å². The molecule has 2 fully saturated rings. The molecule has 1 aromatic heterocycles. The van der Waals surface area contributed by atoms with E-state index in [-0.39, 0.29) is 36.8 Å². The monoisotopic (exact) mass is 372 g/mol. The summed E-state index contributed by atoms with van der Waals surface area (Å²) in [6, 6.07) is 5.47. The maximum atomic E-state index is 12.2. The molecule has 27 heavy (non-hydrogen) atoms. The number of para-hydroxylation sites is 1. The number of rotatable bonds is 5. The molecule has 0 spiro atoms. The van der Waals surface area contributed by atoms with Crippen LogP contribution >= 0.6 is 0 Å². The van der Waals surface area contributed by atoms with Gasteiger partial charge in [0.2, 0.25) is 11.8 Å². The first-order valence-corrected chi connectivity index (χ1v) is 8.82. The van der Waals surface area contributed by atoms with Gasteiger partial charge < -0.3 is 14.8 Å². The molecule has 3 heterocycles. The molecule has 3 amide bonds. The van der Waals surface area contributed by atoms with Crippen molar-refractivity contribution in [3.8, 4) is 5.75 Å². The van der Waals surface area contributed by atoms with E-state index in [1.54, 1.807) is 23.9 Å². The predicted molar refractivity (Wildman–Crippen MR) is 94.1 cm³/mol. The third-order valence-electron chi connectivity index (χ3n) is 4.79. The Morgan fingerprint density at radius 1 is 1.41 bits per heavy atom. The van der Waals surface area contributed by atoms with Crippen LogP contribution in [0.1, 0.15) is 24.5 Å². The molecule has 2 aliphatic rings. The van der Waals surface area contributed by atoms with E-state index in [0.29, 0.717) is 36.6 Å². The van der Waals surface area contributed by atoms with E-state index in [0.717, 1.165) is 5.39 Å². The fourth-order valence-electron chi connectivity index (χ4n) is 3.39. The van der Waals surface area contributed by atoms with Crippen LogP contribution in [0.25, 0.3) is 10.9 Å². The molecule has 1 aromatic carbocycles. The van der Waals surface area contributed by atoms with Crippen molar-refractivity contribution in [2.45, 2.75) is 24.8 Å². The summed E-state index contributed by atoms with van der Waals surface area (Å²) in [4.78, 5) is 35.6. The number of piperidine rings is 1. The maximum absolute atomic E-state index is 12.2. The van der Waals surface area contributed by atoms with Crippen LogP contribution in [-0.4, -0.2) is 53.4 Å². The first-order chi connectivity index (χ1) is 13.0. The second-order valence-electron chi connectivity index (χ2n) is 6.76. The number of fused-ring (bicyclic) bond motifs is 1. The van der Waals surface area contributed by atoms with E-state index in [9.17, 15) is 14.4 Å². The van der Waals surface area contributed by atoms with Gasteiger partial charge in [-0.1, -0.05) is 12.1 Å². The predicted octanol–water partition coefficient (Wildman–Crippen LogP) is -0.0127. The Labute approximate surface area is 155 Å². The van der Waals surface area contributed by atoms with Gasteiger partial charge in [0.25, 0.3) is 5.91 Å². The van der Waals surface area contributed by atoms with Crippen LogP contribution in [0.4, 0.5) is 0 Å². The third-order valence-corrected chi connectivity index (χ3v) is 4.79. The first-order valence-electron chi connectivity index (χ1n) is 8.82. The lowest BCUT2D eigenvalue weighted by Crippen LogP contribution is -2.49. The van der Waals surface area contributed by atoms with E-state index in [1.807, 2.05) is 6.07 Å². The molecule has 0 radical (unpaired) electrons. The Kier molecular flexibility index (Phi) is 4.53. The fraction of sp³-hybridized carbons (Fsp3) is 0.444. The summed E-state index contributed by atoms with van der Waals surface area (Å²) in [5.41, 5.74) is 1.32. The standard InChI is InChI=1S/C18H20N4O5/c1-22-17-11(16(21-22)12-5-6-14(23)20-18(12)25)3-2-4-13(17)27-9-15(24)19-10-7-26-8-10/h2-4,10,12H,5-9H2,1H3,(H,19,24)(H,20,23,25). The number of nitrogens with one attached hydrogen (secondary N) is 2. The number of hydrogen-bond acceptors (Lipinski definition) is 6. The highest BCUT2D eigenvalue weighted by Crippen LogP contribution is 2.34. The van der Waals surface area contributed by atoms with Gasteiger partial charge in [0.05, 0.1) is 30.9 Å². The minimum Gasteiger partial charge on any atom is -0.482 e. The first kappa shape index (κ1) is 17.5. The van der Waals surface area contributed by atoms with Crippen molar-refractivity contribution in [3.63, 3.8) is 0 Å². The van der Waals surface area contributed by atoms with Crippen molar-refractivity contribution in [2.75, 3.05) is 19.8 Å². The van der Waals surface area contributed by atoms with Gasteiger partial charge in [0.1, 0.15) is 11.3 Å². The van der Waals surface area contributed by atoms with Crippen molar-refractivity contribution in [1.82, 2.24) is 20.4 Å². The molecule has 0 bridgehead atoms. The topological polar surface area (TPSA) is 112 Å². The average molecular weight is 372 g/mol. The second-order valence-corrected chi connectivity index (χ2v) is 6.76. The van der Waals surface area contributed by atoms with E-state index in [4.69, 9.17) is 9.47 Å². The normalized spacial score (nSPS) is 20.3. The molecule has 4 rings (SSSR count). The van der Waals surface area contributed by atoms with Crippen LogP contribution in [0.15, 0.2) is 18.2 Å². The van der Waals surface area contributed by atoms with Gasteiger partial charge in [-0.3, -0.25) is 24.4 Å². The largest absolute Gasteiger partial charge is 0.482 e. The molecule has 2 aliphatic heterocycles. The SMILES string of the molecule is Cn1nc(C2CCC(=O)NC2=O)c2cccc(OCC(=O)NC3COC3)c21. The molecule has 2 aromatic rings. The Bertz CT molecular complexity index is 918. The zero-order valence-corrected chi connectivity index (χ0v) is 14.9. The van der Waals surface area contributed by atoms with Crippen LogP contribution < -0.4 is 15.4 Å². The highest BCUT2D eigenvalue weighted by Gasteiger charge is 2.32. The molecular formula is C18H20N4O5. The molecule has 1 atom stereocenters. The summed E-state index contributed by atoms with van der Waals surface area (Å²) in [7, 11) is 1.76. The third kappa shape index (κ3) is 3.37. The quantitative estimate of drug-likeness (QED) is 0.714. The molecular weight excluding hydrogens is 352 g/mol. The number of aromatic nitrogens is 2. The summed E-state index contributed by atoms with van der Waals surface area (Å²) in [6.45, 7) is 0.936. The highest BCUT2D eigenvalue weighted by molar-refractivity contribution is 6.03. The van der Waals surface area contributed by atoms with Crippen LogP contribution in [0.3, 0.4) is 0 Å². The molecule has 2 N–H and O–H groups in total. The zero-order valence-electron chi connectivity index (χ0n) is 14.9. The summed E-state index contributed by atoms with van der Waals surface area (Å²) >= 11 is 0. The van der Waals surface area contributed by atoms with Gasteiger partial charge >= 0.3 is 0 Å². The summed E-state index contributed by atoms with van der Waals surface area (Å²) in [5, 5.41) is 10.5. The van der Waals surface area contributed by atoms with E-state index in [1.165, 1.54) is 0 Å². The minimum atomic E-state index is -0.483. The van der Waals surface area contributed by atoms with Crippen LogP contribution in [0.5, 0.6) is 5.75 Å². The van der Waals surface area contributed by atoms with Gasteiger partial charge in [-0.15, -0.1) is 0 Å². The summed E-state index contributed by atoms with van der Waals surface area (Å²) in [5.74, 6) is -0.777. The van der Waals surface area contributed by atoms with E-state index < -0.39 is 5.92 Å². The molecule has 9 heteroatoms. The van der Waals surface area contributed by atoms with Gasteiger partial charge in [0.15, 0.2) is 6.61 Å². The number of carbonyl (C=O) groups is 3. The van der Waals surface area contributed by atoms with Crippen molar-refractivity contribution in [2.24, 2.45) is 7.05 Å². The fourth-order valence-corrected chi connectivity index (χ4v) is 3.39. The molecule has 142 valence electrons. The smallest absolute Gasteiger partial charge is 0.258 e. The number of benzene rings is 1. The number of hydrogen-bond donors (Lipinski definition) is 2. The number of amides is 3. The molecule has 0 aliphatic carbocycles. The lowest BCUT2D eigenvalue weighted by atomic mass is 9.93. The van der Waals surface area contributed by atoms with Crippen molar-refractivity contribution in [3.05, 3.63) is 23.9 Å². The number of imide groups is 1. The Hall–Kier alpha value is -2.94. The van der Waals surface area contributed by atoms with E-state index >= 15 is 0 Å². The number of nitrogens with zero attached hydrogens (tertiary/aromatic N) is 2. The maximum Gasteiger partial charge on any atom is 0.258 e. The Balaban J connectivity index is 1.56. The van der Waals surface area contributed by atoms with Crippen LogP contribution in [-0.2, 0) is 26.2 Å². The van der Waals surface area contributed by atoms with Gasteiger partial charge in [-0.05, 0) is 12.5 Å². The van der Waals surface area contributed by atoms with Crippen LogP contribution in [0.2, 0.25) is 0 Å². The Morgan fingerprint density at radius 3 is 2.93 bits per heavy atom. The lowest BCUT2D eigenvalue weighted by Gasteiger charge is -2.26. The molecule has 1 unspecified atom stereocenters. The number of carbonyl (C=O) groups excluding carboxylic acids is 3. The van der Waals surface area contributed by atoms with Crippen molar-refractivity contribution in [1.29, 1.82) is 0 Å². The minimum absolute atomic E-state index is 0.0488. The lowest BCUT2D eigenvalue weighted by molar-refractivity contribution is -0.134. The number of aryl methyl sites for hydroxylation is 1. The van der Waals surface area contributed by atoms with Crippen LogP contribution in [0, 0.1) is 0 Å². The summed E-state index contributed by atoms with van der Waals surface area (Å²) < 4.78 is 12.4. The number of ether oxygens (including phenoxy) is 2. The van der Waals surface area contributed by atoms with Gasteiger partial charge in [-0.2, -0.15) is 5.10 Å².